The first-order valence-corrected chi connectivity index (χ1v) is 4.37. The Balaban J connectivity index is 2.90. The molecule has 2 rings (SSSR count). The lowest BCUT2D eigenvalue weighted by Crippen LogP contribution is -1.92. The fourth-order valence-corrected chi connectivity index (χ4v) is 1.58. The van der Waals surface area contributed by atoms with Gasteiger partial charge in [-0.15, -0.1) is 0 Å². The van der Waals surface area contributed by atoms with Gasteiger partial charge >= 0.3 is 0 Å². The first kappa shape index (κ1) is 7.61. The summed E-state index contributed by atoms with van der Waals surface area (Å²) in [6.07, 6.45) is 1.91. The molecule has 0 amide bonds. The molecule has 12 heavy (non-hydrogen) atoms. The van der Waals surface area contributed by atoms with Crippen molar-refractivity contribution in [1.82, 2.24) is 9.38 Å². The predicted molar refractivity (Wildman–Crippen MR) is 52.0 cm³/mol. The minimum atomic E-state index is 0.531. The lowest BCUT2D eigenvalue weighted by atomic mass is 10.3. The number of pyridine rings is 1. The highest BCUT2D eigenvalue weighted by Gasteiger charge is 2.03. The zero-order chi connectivity index (χ0) is 8.72. The van der Waals surface area contributed by atoms with Gasteiger partial charge in [-0.1, -0.05) is 0 Å². The monoisotopic (exact) mass is 225 g/mol. The molecule has 4 heteroatoms. The van der Waals surface area contributed by atoms with Gasteiger partial charge < -0.3 is 5.73 Å². The predicted octanol–water partition coefficient (Wildman–Crippen LogP) is 1.99. The van der Waals surface area contributed by atoms with Crippen LogP contribution < -0.4 is 5.73 Å². The number of nitrogen functional groups attached to an aromatic ring is 1. The summed E-state index contributed by atoms with van der Waals surface area (Å²) in [5, 5.41) is 0. The van der Waals surface area contributed by atoms with Crippen molar-refractivity contribution in [3.8, 4) is 0 Å². The van der Waals surface area contributed by atoms with Crippen LogP contribution >= 0.6 is 15.9 Å². The Kier molecular flexibility index (Phi) is 1.58. The molecule has 2 N–H and O–H groups in total. The average Bonchev–Trinajstić information content (AvgIpc) is 2.28. The molecule has 0 fully saturated rings. The molecule has 0 aliphatic rings. The minimum absolute atomic E-state index is 0.531. The highest BCUT2D eigenvalue weighted by atomic mass is 79.9. The number of hydrogen-bond acceptors (Lipinski definition) is 2. The largest absolute Gasteiger partial charge is 0.369 e. The summed E-state index contributed by atoms with van der Waals surface area (Å²) < 4.78 is 2.86. The van der Waals surface area contributed by atoms with Gasteiger partial charge in [0, 0.05) is 10.7 Å². The standard InChI is InChI=1S/C8H8BrN3/c1-5-7-3-2-6(9)4-12(7)8(10)11-5/h2-4H,1H3,(H2,10,11). The van der Waals surface area contributed by atoms with Gasteiger partial charge in [0.1, 0.15) is 0 Å². The van der Waals surface area contributed by atoms with E-state index < -0.39 is 0 Å². The number of hydrogen-bond donors (Lipinski definition) is 1. The molecule has 2 aromatic rings. The van der Waals surface area contributed by atoms with Gasteiger partial charge in [-0.05, 0) is 35.0 Å². The molecule has 0 saturated carbocycles. The van der Waals surface area contributed by atoms with E-state index in [1.807, 2.05) is 29.7 Å². The molecule has 3 nitrogen and oxygen atoms in total. The second kappa shape index (κ2) is 2.48. The van der Waals surface area contributed by atoms with Crippen molar-refractivity contribution in [2.45, 2.75) is 6.92 Å². The third kappa shape index (κ3) is 0.992. The molecule has 0 radical (unpaired) electrons. The van der Waals surface area contributed by atoms with Crippen LogP contribution in [0.4, 0.5) is 5.95 Å². The highest BCUT2D eigenvalue weighted by Crippen LogP contribution is 2.17. The third-order valence-electron chi connectivity index (χ3n) is 1.81. The van der Waals surface area contributed by atoms with Crippen LogP contribution in [0.1, 0.15) is 5.69 Å². The van der Waals surface area contributed by atoms with Gasteiger partial charge in [-0.2, -0.15) is 0 Å². The summed E-state index contributed by atoms with van der Waals surface area (Å²) in [4.78, 5) is 4.15. The lowest BCUT2D eigenvalue weighted by molar-refractivity contribution is 1.16. The summed E-state index contributed by atoms with van der Waals surface area (Å²) in [6, 6.07) is 3.96. The number of anilines is 1. The Bertz CT molecular complexity index is 433. The van der Waals surface area contributed by atoms with Crippen LogP contribution in [-0.4, -0.2) is 9.38 Å². The van der Waals surface area contributed by atoms with Crippen molar-refractivity contribution in [2.75, 3.05) is 5.73 Å². The fraction of sp³-hybridized carbons (Fsp3) is 0.125. The second-order valence-electron chi connectivity index (χ2n) is 2.66. The summed E-state index contributed by atoms with van der Waals surface area (Å²) in [5.74, 6) is 0.531. The Morgan fingerprint density at radius 1 is 1.50 bits per heavy atom. The SMILES string of the molecule is Cc1nc(N)n2cc(Br)ccc12. The van der Waals surface area contributed by atoms with E-state index in [9.17, 15) is 0 Å². The minimum Gasteiger partial charge on any atom is -0.369 e. The van der Waals surface area contributed by atoms with Gasteiger partial charge in [-0.3, -0.25) is 4.40 Å². The van der Waals surface area contributed by atoms with E-state index in [4.69, 9.17) is 5.73 Å². The second-order valence-corrected chi connectivity index (χ2v) is 3.57. The zero-order valence-electron chi connectivity index (χ0n) is 6.58. The number of nitrogens with two attached hydrogens (primary N) is 1. The maximum Gasteiger partial charge on any atom is 0.205 e. The molecule has 0 aromatic carbocycles. The Labute approximate surface area is 78.3 Å². The molecule has 2 heterocycles. The van der Waals surface area contributed by atoms with Crippen LogP contribution in [0.2, 0.25) is 0 Å². The van der Waals surface area contributed by atoms with E-state index >= 15 is 0 Å². The van der Waals surface area contributed by atoms with Crippen LogP contribution in [-0.2, 0) is 0 Å². The van der Waals surface area contributed by atoms with E-state index in [1.54, 1.807) is 0 Å². The Morgan fingerprint density at radius 3 is 3.00 bits per heavy atom. The molecule has 0 atom stereocenters. The maximum atomic E-state index is 5.68. The van der Waals surface area contributed by atoms with Crippen LogP contribution in [0, 0.1) is 6.92 Å². The third-order valence-corrected chi connectivity index (χ3v) is 2.28. The highest BCUT2D eigenvalue weighted by molar-refractivity contribution is 9.10. The summed E-state index contributed by atoms with van der Waals surface area (Å²) in [5.41, 5.74) is 7.69. The molecule has 0 aliphatic carbocycles. The van der Waals surface area contributed by atoms with E-state index in [1.165, 1.54) is 0 Å². The molecule has 0 aliphatic heterocycles. The number of imidazole rings is 1. The topological polar surface area (TPSA) is 43.3 Å². The number of nitrogens with zero attached hydrogens (tertiary/aromatic N) is 2. The van der Waals surface area contributed by atoms with Gasteiger partial charge in [0.15, 0.2) is 0 Å². The fourth-order valence-electron chi connectivity index (χ4n) is 1.24. The molecule has 62 valence electrons. The average molecular weight is 226 g/mol. The van der Waals surface area contributed by atoms with Crippen molar-refractivity contribution in [3.05, 3.63) is 28.5 Å². The van der Waals surface area contributed by atoms with E-state index in [2.05, 4.69) is 20.9 Å². The molecular formula is C8H8BrN3. The lowest BCUT2D eigenvalue weighted by Gasteiger charge is -1.96. The van der Waals surface area contributed by atoms with Gasteiger partial charge in [0.25, 0.3) is 0 Å². The van der Waals surface area contributed by atoms with Gasteiger partial charge in [0.05, 0.1) is 11.2 Å². The quantitative estimate of drug-likeness (QED) is 0.746. The van der Waals surface area contributed by atoms with Crippen molar-refractivity contribution < 1.29 is 0 Å². The van der Waals surface area contributed by atoms with Gasteiger partial charge in [0.2, 0.25) is 5.95 Å². The van der Waals surface area contributed by atoms with Crippen LogP contribution in [0.3, 0.4) is 0 Å². The summed E-state index contributed by atoms with van der Waals surface area (Å²) >= 11 is 3.37. The normalized spacial score (nSPS) is 10.8. The van der Waals surface area contributed by atoms with Crippen molar-refractivity contribution in [2.24, 2.45) is 0 Å². The molecule has 0 unspecified atom stereocenters. The van der Waals surface area contributed by atoms with Crippen molar-refractivity contribution >= 4 is 27.4 Å². The first-order chi connectivity index (χ1) is 5.68. The first-order valence-electron chi connectivity index (χ1n) is 3.58. The Morgan fingerprint density at radius 2 is 2.25 bits per heavy atom. The van der Waals surface area contributed by atoms with Crippen molar-refractivity contribution in [3.63, 3.8) is 0 Å². The molecular weight excluding hydrogens is 218 g/mol. The molecule has 0 bridgehead atoms. The number of halogens is 1. The van der Waals surface area contributed by atoms with E-state index in [0.29, 0.717) is 5.95 Å². The van der Waals surface area contributed by atoms with Crippen LogP contribution in [0.25, 0.3) is 5.52 Å². The zero-order valence-corrected chi connectivity index (χ0v) is 8.17. The maximum absolute atomic E-state index is 5.68. The van der Waals surface area contributed by atoms with Gasteiger partial charge in [-0.25, -0.2) is 4.98 Å². The van der Waals surface area contributed by atoms with Crippen LogP contribution in [0.15, 0.2) is 22.8 Å². The molecule has 0 spiro atoms. The van der Waals surface area contributed by atoms with E-state index in [0.717, 1.165) is 15.7 Å². The van der Waals surface area contributed by atoms with Crippen molar-refractivity contribution in [1.29, 1.82) is 0 Å². The number of aryl methyl sites for hydroxylation is 1. The number of aromatic nitrogens is 2. The van der Waals surface area contributed by atoms with E-state index in [-0.39, 0.29) is 0 Å². The summed E-state index contributed by atoms with van der Waals surface area (Å²) in [7, 11) is 0. The number of fused-ring (bicyclic) bond motifs is 1. The molecule has 2 aromatic heterocycles. The smallest absolute Gasteiger partial charge is 0.205 e. The van der Waals surface area contributed by atoms with Crippen LogP contribution in [0.5, 0.6) is 0 Å². The number of rotatable bonds is 0. The molecule has 0 saturated heterocycles. The summed E-state index contributed by atoms with van der Waals surface area (Å²) in [6.45, 7) is 1.94. The Hall–Kier alpha value is -1.03.